The van der Waals surface area contributed by atoms with Crippen LogP contribution in [-0.4, -0.2) is 34.1 Å². The van der Waals surface area contributed by atoms with Gasteiger partial charge >= 0.3 is 5.97 Å². The number of carboxylic acids is 1. The summed E-state index contributed by atoms with van der Waals surface area (Å²) in [5.41, 5.74) is -0.210. The summed E-state index contributed by atoms with van der Waals surface area (Å²) < 4.78 is 0. The second kappa shape index (κ2) is 6.18. The van der Waals surface area contributed by atoms with Gasteiger partial charge in [0.25, 0.3) is 5.56 Å². The number of carboxylic acid groups (broad SMARTS) is 1. The van der Waals surface area contributed by atoms with Gasteiger partial charge in [-0.05, 0) is 6.92 Å². The first-order chi connectivity index (χ1) is 8.47. The van der Waals surface area contributed by atoms with Crippen LogP contribution in [0, 0.1) is 5.92 Å². The van der Waals surface area contributed by atoms with Crippen LogP contribution >= 0.6 is 0 Å². The summed E-state index contributed by atoms with van der Waals surface area (Å²) >= 11 is 0. The van der Waals surface area contributed by atoms with Gasteiger partial charge in [-0.1, -0.05) is 13.8 Å². The zero-order chi connectivity index (χ0) is 13.7. The highest BCUT2D eigenvalue weighted by molar-refractivity contribution is 5.70. The molecule has 1 unspecified atom stereocenters. The van der Waals surface area contributed by atoms with E-state index < -0.39 is 11.9 Å². The van der Waals surface area contributed by atoms with Crippen molar-refractivity contribution >= 4 is 11.8 Å². The Kier molecular flexibility index (Phi) is 4.88. The van der Waals surface area contributed by atoms with Crippen molar-refractivity contribution in [3.63, 3.8) is 0 Å². The van der Waals surface area contributed by atoms with Gasteiger partial charge < -0.3 is 15.0 Å². The standard InChI is InChI=1S/C12H19N3O3/c1-4-9-13-10(6-11(16)14-9)15(5-2)7-8(3)12(17)18/h6,8H,4-5,7H2,1-3H3,(H,17,18)(H,13,14,16). The van der Waals surface area contributed by atoms with E-state index in [4.69, 9.17) is 5.11 Å². The number of aryl methyl sites for hydroxylation is 1. The lowest BCUT2D eigenvalue weighted by Gasteiger charge is -2.23. The average Bonchev–Trinajstić information content (AvgIpc) is 2.34. The maximum Gasteiger partial charge on any atom is 0.308 e. The van der Waals surface area contributed by atoms with Crippen molar-refractivity contribution in [1.29, 1.82) is 0 Å². The number of anilines is 1. The molecule has 0 aliphatic rings. The van der Waals surface area contributed by atoms with E-state index in [1.54, 1.807) is 11.8 Å². The largest absolute Gasteiger partial charge is 0.481 e. The minimum absolute atomic E-state index is 0.210. The fourth-order valence-corrected chi connectivity index (χ4v) is 1.62. The third-order valence-corrected chi connectivity index (χ3v) is 2.73. The van der Waals surface area contributed by atoms with Crippen molar-refractivity contribution < 1.29 is 9.90 Å². The van der Waals surface area contributed by atoms with Gasteiger partial charge in [0.1, 0.15) is 11.6 Å². The van der Waals surface area contributed by atoms with E-state index in [-0.39, 0.29) is 5.56 Å². The molecule has 0 bridgehead atoms. The molecular formula is C12H19N3O3. The molecule has 0 saturated carbocycles. The number of rotatable bonds is 6. The fraction of sp³-hybridized carbons (Fsp3) is 0.583. The third kappa shape index (κ3) is 3.58. The average molecular weight is 253 g/mol. The van der Waals surface area contributed by atoms with Crippen LogP contribution in [0.5, 0.6) is 0 Å². The van der Waals surface area contributed by atoms with Crippen LogP contribution in [0.3, 0.4) is 0 Å². The molecule has 6 nitrogen and oxygen atoms in total. The number of aromatic nitrogens is 2. The molecule has 6 heteroatoms. The number of aromatic amines is 1. The van der Waals surface area contributed by atoms with Gasteiger partial charge in [0.15, 0.2) is 0 Å². The molecule has 0 amide bonds. The first-order valence-corrected chi connectivity index (χ1v) is 6.05. The van der Waals surface area contributed by atoms with E-state index in [2.05, 4.69) is 9.97 Å². The molecule has 2 N–H and O–H groups in total. The van der Waals surface area contributed by atoms with Crippen molar-refractivity contribution in [3.8, 4) is 0 Å². The summed E-state index contributed by atoms with van der Waals surface area (Å²) in [6, 6.07) is 1.40. The first-order valence-electron chi connectivity index (χ1n) is 6.05. The first kappa shape index (κ1) is 14.2. The van der Waals surface area contributed by atoms with Gasteiger partial charge in [0.2, 0.25) is 0 Å². The van der Waals surface area contributed by atoms with Crippen LogP contribution in [-0.2, 0) is 11.2 Å². The summed E-state index contributed by atoms with van der Waals surface area (Å²) in [5.74, 6) is -0.213. The number of nitrogens with zero attached hydrogens (tertiary/aromatic N) is 2. The molecule has 0 aliphatic heterocycles. The predicted molar refractivity (Wildman–Crippen MR) is 68.9 cm³/mol. The number of nitrogens with one attached hydrogen (secondary N) is 1. The van der Waals surface area contributed by atoms with Gasteiger partial charge in [-0.25, -0.2) is 4.98 Å². The molecule has 1 aromatic rings. The molecule has 0 aliphatic carbocycles. The molecular weight excluding hydrogens is 234 g/mol. The van der Waals surface area contributed by atoms with Crippen molar-refractivity contribution in [2.45, 2.75) is 27.2 Å². The second-order valence-electron chi connectivity index (χ2n) is 4.18. The van der Waals surface area contributed by atoms with Crippen molar-refractivity contribution in [1.82, 2.24) is 9.97 Å². The Hall–Kier alpha value is -1.85. The number of aliphatic carboxylic acids is 1. The van der Waals surface area contributed by atoms with E-state index >= 15 is 0 Å². The van der Waals surface area contributed by atoms with Crippen LogP contribution in [0.4, 0.5) is 5.82 Å². The van der Waals surface area contributed by atoms with E-state index in [1.807, 2.05) is 13.8 Å². The second-order valence-corrected chi connectivity index (χ2v) is 4.18. The van der Waals surface area contributed by atoms with Crippen LogP contribution in [0.1, 0.15) is 26.6 Å². The van der Waals surface area contributed by atoms with Gasteiger partial charge in [0, 0.05) is 25.6 Å². The van der Waals surface area contributed by atoms with Gasteiger partial charge in [0.05, 0.1) is 5.92 Å². The minimum atomic E-state index is -0.853. The molecule has 100 valence electrons. The molecule has 0 radical (unpaired) electrons. The normalized spacial score (nSPS) is 12.2. The maximum absolute atomic E-state index is 11.5. The highest BCUT2D eigenvalue weighted by atomic mass is 16.4. The molecule has 0 saturated heterocycles. The lowest BCUT2D eigenvalue weighted by atomic mass is 10.1. The summed E-state index contributed by atoms with van der Waals surface area (Å²) in [6.07, 6.45) is 0.634. The molecule has 1 aromatic heterocycles. The third-order valence-electron chi connectivity index (χ3n) is 2.73. The topological polar surface area (TPSA) is 86.3 Å². The molecule has 1 heterocycles. The maximum atomic E-state index is 11.5. The molecule has 0 spiro atoms. The Labute approximate surface area is 106 Å². The Balaban J connectivity index is 2.97. The number of hydrogen-bond acceptors (Lipinski definition) is 4. The lowest BCUT2D eigenvalue weighted by molar-refractivity contribution is -0.140. The monoisotopic (exact) mass is 253 g/mol. The molecule has 1 atom stereocenters. The van der Waals surface area contributed by atoms with Crippen LogP contribution < -0.4 is 10.5 Å². The van der Waals surface area contributed by atoms with Crippen LogP contribution in [0.15, 0.2) is 10.9 Å². The van der Waals surface area contributed by atoms with E-state index in [9.17, 15) is 9.59 Å². The summed E-state index contributed by atoms with van der Waals surface area (Å²) in [4.78, 5) is 31.1. The number of hydrogen-bond donors (Lipinski definition) is 2. The van der Waals surface area contributed by atoms with Crippen molar-refractivity contribution in [2.24, 2.45) is 5.92 Å². The van der Waals surface area contributed by atoms with Crippen LogP contribution in [0.2, 0.25) is 0 Å². The smallest absolute Gasteiger partial charge is 0.308 e. The summed E-state index contributed by atoms with van der Waals surface area (Å²) in [7, 11) is 0. The van der Waals surface area contributed by atoms with Gasteiger partial charge in [-0.15, -0.1) is 0 Å². The minimum Gasteiger partial charge on any atom is -0.481 e. The quantitative estimate of drug-likeness (QED) is 0.786. The predicted octanol–water partition coefficient (Wildman–Crippen LogP) is 0.879. The van der Waals surface area contributed by atoms with E-state index in [1.165, 1.54) is 6.07 Å². The zero-order valence-corrected chi connectivity index (χ0v) is 10.9. The highest BCUT2D eigenvalue weighted by Crippen LogP contribution is 2.11. The summed E-state index contributed by atoms with van der Waals surface area (Å²) in [5, 5.41) is 8.91. The highest BCUT2D eigenvalue weighted by Gasteiger charge is 2.17. The number of carbonyl (C=O) groups is 1. The van der Waals surface area contributed by atoms with Crippen LogP contribution in [0.25, 0.3) is 0 Å². The van der Waals surface area contributed by atoms with Crippen molar-refractivity contribution in [2.75, 3.05) is 18.0 Å². The zero-order valence-electron chi connectivity index (χ0n) is 10.9. The molecule has 1 rings (SSSR count). The van der Waals surface area contributed by atoms with Crippen molar-refractivity contribution in [3.05, 3.63) is 22.2 Å². The molecule has 18 heavy (non-hydrogen) atoms. The molecule has 0 fully saturated rings. The van der Waals surface area contributed by atoms with E-state index in [0.717, 1.165) is 0 Å². The molecule has 0 aromatic carbocycles. The van der Waals surface area contributed by atoms with Gasteiger partial charge in [-0.3, -0.25) is 9.59 Å². The fourth-order valence-electron chi connectivity index (χ4n) is 1.62. The Bertz CT molecular complexity index is 470. The lowest BCUT2D eigenvalue weighted by Crippen LogP contribution is -2.33. The van der Waals surface area contributed by atoms with Gasteiger partial charge in [-0.2, -0.15) is 0 Å². The Morgan fingerprint density at radius 1 is 1.56 bits per heavy atom. The Morgan fingerprint density at radius 3 is 2.72 bits per heavy atom. The number of H-pyrrole nitrogens is 1. The SMILES string of the molecule is CCc1nc(N(CC)CC(C)C(=O)O)cc(=O)[nH]1. The summed E-state index contributed by atoms with van der Waals surface area (Å²) in [6.45, 7) is 6.39. The Morgan fingerprint density at radius 2 is 2.22 bits per heavy atom. The van der Waals surface area contributed by atoms with E-state index in [0.29, 0.717) is 31.2 Å².